The van der Waals surface area contributed by atoms with Crippen molar-refractivity contribution in [1.82, 2.24) is 0 Å². The summed E-state index contributed by atoms with van der Waals surface area (Å²) >= 11 is 7.85. The Hall–Kier alpha value is 0.250. The maximum atomic E-state index is 9.87. The summed E-state index contributed by atoms with van der Waals surface area (Å²) in [5, 5.41) is 0.797. The van der Waals surface area contributed by atoms with Crippen LogP contribution >= 0.6 is 42.0 Å². The van der Waals surface area contributed by atoms with E-state index in [1.54, 1.807) is 0 Å². The van der Waals surface area contributed by atoms with Crippen LogP contribution in [-0.2, 0) is 0 Å². The van der Waals surface area contributed by atoms with Crippen LogP contribution < -0.4 is 0 Å². The molecule has 0 heterocycles. The largest absolute Gasteiger partial charge is 1.00 e. The molecule has 0 aromatic heterocycles. The summed E-state index contributed by atoms with van der Waals surface area (Å²) in [6, 6.07) is 7.71. The predicted molar refractivity (Wildman–Crippen MR) is 58.8 cm³/mol. The zero-order valence-electron chi connectivity index (χ0n) is 7.78. The number of hydrogen-bond donors (Lipinski definition) is 0. The Morgan fingerprint density at radius 2 is 1.20 bits per heavy atom. The Morgan fingerprint density at radius 3 is 1.40 bits per heavy atom. The van der Waals surface area contributed by atoms with Gasteiger partial charge in [-0.3, -0.25) is 0 Å². The third kappa shape index (κ3) is 20.4. The molecule has 0 saturated carbocycles. The molecule has 0 aliphatic carbocycles. The molecule has 0 spiro atoms. The van der Waals surface area contributed by atoms with E-state index in [9.17, 15) is 25.2 Å². The average molecular weight is 384 g/mol. The van der Waals surface area contributed by atoms with Crippen molar-refractivity contribution in [3.63, 3.8) is 0 Å². The summed E-state index contributed by atoms with van der Waals surface area (Å²) in [5.74, 6) is 0. The van der Waals surface area contributed by atoms with Gasteiger partial charge in [-0.2, -0.15) is 0 Å². The molecule has 0 aliphatic heterocycles. The van der Waals surface area contributed by atoms with Gasteiger partial charge in [0, 0.05) is 8.59 Å². The monoisotopic (exact) mass is 384 g/mol. The van der Waals surface area contributed by atoms with E-state index in [4.69, 9.17) is 11.6 Å². The molecule has 15 heavy (non-hydrogen) atoms. The van der Waals surface area contributed by atoms with Crippen molar-refractivity contribution in [2.75, 3.05) is 0 Å². The van der Waals surface area contributed by atoms with Gasteiger partial charge in [-0.15, -0.1) is 0 Å². The van der Waals surface area contributed by atoms with Crippen LogP contribution in [0.2, 0.25) is 5.02 Å². The maximum absolute atomic E-state index is 10.7. The minimum Gasteiger partial charge on any atom is 1.00 e. The van der Waals surface area contributed by atoms with E-state index < -0.39 is 7.81 Å². The molecular weight excluding hydrogens is 379 g/mol. The van der Waals surface area contributed by atoms with Gasteiger partial charge in [0.2, 0.25) is 0 Å². The van der Waals surface area contributed by atoms with Gasteiger partial charge in [-0.1, -0.05) is 11.6 Å². The van der Waals surface area contributed by atoms with E-state index in [2.05, 4.69) is 22.6 Å². The van der Waals surface area contributed by atoms with E-state index in [1.165, 1.54) is 3.57 Å². The molecule has 90 valence electrons. The van der Waals surface area contributed by atoms with E-state index >= 15 is 0 Å². The molecule has 0 unspecified atom stereocenters. The van der Waals surface area contributed by atoms with Crippen molar-refractivity contribution in [3.8, 4) is 0 Å². The maximum Gasteiger partial charge on any atom is 1.00 e. The molecular formula is C6H5ClF6IP. The molecule has 0 amide bonds. The smallest absolute Gasteiger partial charge is 1.00 e. The van der Waals surface area contributed by atoms with Gasteiger partial charge in [0.1, 0.15) is 0 Å². The van der Waals surface area contributed by atoms with E-state index in [0.29, 0.717) is 0 Å². The molecule has 0 saturated heterocycles. The third-order valence-electron chi connectivity index (χ3n) is 0.804. The molecule has 0 aliphatic rings. The van der Waals surface area contributed by atoms with Crippen LogP contribution in [0.1, 0.15) is 1.43 Å². The van der Waals surface area contributed by atoms with Gasteiger partial charge < -0.3 is 0 Å². The van der Waals surface area contributed by atoms with Crippen molar-refractivity contribution in [2.45, 2.75) is 0 Å². The minimum absolute atomic E-state index is 0. The molecule has 9 heteroatoms. The van der Waals surface area contributed by atoms with Crippen molar-refractivity contribution in [2.24, 2.45) is 0 Å². The van der Waals surface area contributed by atoms with Crippen molar-refractivity contribution in [1.29, 1.82) is 0 Å². The van der Waals surface area contributed by atoms with Gasteiger partial charge in [0.25, 0.3) is 0 Å². The van der Waals surface area contributed by atoms with E-state index in [-0.39, 0.29) is 1.43 Å². The number of rotatable bonds is 0. The number of benzene rings is 1. The van der Waals surface area contributed by atoms with Gasteiger partial charge in [-0.25, -0.2) is 0 Å². The SMILES string of the molecule is Clc1ccc(I)cc1.F[P-](F)(F)(F)(F)F.[H+]. The molecule has 1 aromatic carbocycles. The van der Waals surface area contributed by atoms with Crippen LogP contribution in [0.15, 0.2) is 24.3 Å². The standard InChI is InChI=1S/C6H4ClI.F6P/c7-5-1-3-6(8)4-2-5;1-7(2,3,4,5)6/h1-4H;/q;-1/p+1. The first-order valence-corrected chi connectivity index (χ1v) is 6.70. The zero-order chi connectivity index (χ0) is 12.4. The molecule has 0 nitrogen and oxygen atoms in total. The molecule has 0 bridgehead atoms. The van der Waals surface area contributed by atoms with Gasteiger partial charge in [0.15, 0.2) is 0 Å². The second kappa shape index (κ2) is 3.92. The zero-order valence-corrected chi connectivity index (χ0v) is 10.6. The van der Waals surface area contributed by atoms with E-state index in [1.807, 2.05) is 24.3 Å². The third-order valence-corrected chi connectivity index (χ3v) is 1.77. The first kappa shape index (κ1) is 15.2. The molecule has 0 atom stereocenters. The van der Waals surface area contributed by atoms with Crippen LogP contribution in [0, 0.1) is 3.57 Å². The van der Waals surface area contributed by atoms with Crippen LogP contribution in [-0.4, -0.2) is 0 Å². The minimum atomic E-state index is -10.7. The summed E-state index contributed by atoms with van der Waals surface area (Å²) in [6.45, 7) is 0. The quantitative estimate of drug-likeness (QED) is 0.274. The first-order valence-electron chi connectivity index (χ1n) is 3.21. The molecule has 0 radical (unpaired) electrons. The van der Waals surface area contributed by atoms with Crippen LogP contribution in [0.3, 0.4) is 0 Å². The summed E-state index contributed by atoms with van der Waals surface area (Å²) in [6.07, 6.45) is 0. The van der Waals surface area contributed by atoms with Gasteiger partial charge >= 0.3 is 34.4 Å². The Labute approximate surface area is 101 Å². The number of hydrogen-bond acceptors (Lipinski definition) is 0. The Bertz CT molecular complexity index is 302. The Balaban J connectivity index is 0. The molecule has 1 rings (SSSR count). The predicted octanol–water partition coefficient (Wildman–Crippen LogP) is 6.44. The van der Waals surface area contributed by atoms with E-state index in [0.717, 1.165) is 5.02 Å². The van der Waals surface area contributed by atoms with Crippen molar-refractivity contribution >= 4 is 42.0 Å². The fourth-order valence-corrected chi connectivity index (χ4v) is 0.915. The van der Waals surface area contributed by atoms with Crippen molar-refractivity contribution < 1.29 is 26.6 Å². The fourth-order valence-electron chi connectivity index (χ4n) is 0.430. The first-order chi connectivity index (χ1) is 6.24. The second-order valence-electron chi connectivity index (χ2n) is 2.39. The topological polar surface area (TPSA) is 0 Å². The van der Waals surface area contributed by atoms with Gasteiger partial charge in [0.05, 0.1) is 0 Å². The van der Waals surface area contributed by atoms with Crippen molar-refractivity contribution in [3.05, 3.63) is 32.9 Å². The summed E-state index contributed by atoms with van der Waals surface area (Å²) < 4.78 is 60.4. The molecule has 0 fully saturated rings. The fraction of sp³-hybridized carbons (Fsp3) is 0. The molecule has 1 aromatic rings. The van der Waals surface area contributed by atoms with Crippen LogP contribution in [0.5, 0.6) is 0 Å². The Morgan fingerprint density at radius 1 is 0.933 bits per heavy atom. The average Bonchev–Trinajstić information content (AvgIpc) is 1.88. The Kier molecular flexibility index (Phi) is 3.99. The summed E-state index contributed by atoms with van der Waals surface area (Å²) in [5.41, 5.74) is 0. The summed E-state index contributed by atoms with van der Waals surface area (Å²) in [7, 11) is -10.7. The second-order valence-corrected chi connectivity index (χ2v) is 5.99. The molecule has 0 N–H and O–H groups in total. The summed E-state index contributed by atoms with van der Waals surface area (Å²) in [4.78, 5) is 0. The normalized spacial score (nSPS) is 15.7. The van der Waals surface area contributed by atoms with Crippen LogP contribution in [0.25, 0.3) is 0 Å². The number of halogens is 8. The van der Waals surface area contributed by atoms with Crippen LogP contribution in [0.4, 0.5) is 25.2 Å². The van der Waals surface area contributed by atoms with Gasteiger partial charge in [-0.05, 0) is 46.9 Å².